The maximum Gasteiger partial charge on any atom is 0.286 e. The average Bonchev–Trinajstić information content (AvgIpc) is 3.18. The van der Waals surface area contributed by atoms with E-state index in [0.717, 1.165) is 29.7 Å². The van der Waals surface area contributed by atoms with Crippen LogP contribution in [0.2, 0.25) is 0 Å². The van der Waals surface area contributed by atoms with Gasteiger partial charge in [-0.2, -0.15) is 4.31 Å². The normalized spacial score (nSPS) is 15.7. The molecular formula is C17H22N4O4S2. The number of hydrogen-bond acceptors (Lipinski definition) is 7. The molecule has 1 aromatic carbocycles. The van der Waals surface area contributed by atoms with Gasteiger partial charge in [0.15, 0.2) is 5.13 Å². The molecule has 0 radical (unpaired) electrons. The van der Waals surface area contributed by atoms with E-state index in [2.05, 4.69) is 11.9 Å². The quantitative estimate of drug-likeness (QED) is 0.555. The van der Waals surface area contributed by atoms with Crippen molar-refractivity contribution >= 4 is 32.4 Å². The van der Waals surface area contributed by atoms with Crippen molar-refractivity contribution in [3.63, 3.8) is 0 Å². The Bertz CT molecular complexity index is 888. The van der Waals surface area contributed by atoms with E-state index in [1.54, 1.807) is 17.6 Å². The summed E-state index contributed by atoms with van der Waals surface area (Å²) in [6, 6.07) is 7.09. The van der Waals surface area contributed by atoms with Gasteiger partial charge < -0.3 is 4.90 Å². The highest BCUT2D eigenvalue weighted by atomic mass is 32.2. The van der Waals surface area contributed by atoms with E-state index in [1.807, 2.05) is 17.0 Å². The first-order valence-electron chi connectivity index (χ1n) is 8.70. The Hall–Kier alpha value is -2.01. The van der Waals surface area contributed by atoms with Crippen molar-refractivity contribution in [1.82, 2.24) is 14.8 Å². The summed E-state index contributed by atoms with van der Waals surface area (Å²) in [6.07, 6.45) is 3.35. The van der Waals surface area contributed by atoms with Gasteiger partial charge in [0.2, 0.25) is 10.0 Å². The predicted octanol–water partition coefficient (Wildman–Crippen LogP) is 1.73. The molecule has 3 rings (SSSR count). The molecule has 27 heavy (non-hydrogen) atoms. The fourth-order valence-corrected chi connectivity index (χ4v) is 5.24. The third kappa shape index (κ3) is 4.29. The molecule has 1 aromatic heterocycles. The lowest BCUT2D eigenvalue weighted by Crippen LogP contribution is -2.48. The first-order chi connectivity index (χ1) is 13.0. The van der Waals surface area contributed by atoms with E-state index in [0.29, 0.717) is 41.1 Å². The van der Waals surface area contributed by atoms with Crippen LogP contribution in [0, 0.1) is 0 Å². The molecule has 0 unspecified atom stereocenters. The number of sulfonamides is 1. The summed E-state index contributed by atoms with van der Waals surface area (Å²) in [5, 5.41) is 9.31. The number of rotatable bonds is 6. The summed E-state index contributed by atoms with van der Waals surface area (Å²) in [4.78, 5) is 18.2. The number of anilines is 1. The topological polar surface area (TPSA) is 103 Å². The second-order valence-corrected chi connectivity index (χ2v) is 9.18. The molecule has 0 bridgehead atoms. The second kappa shape index (κ2) is 8.34. The smallest absolute Gasteiger partial charge is 0.286 e. The van der Waals surface area contributed by atoms with Crippen LogP contribution in [0.25, 0.3) is 0 Å². The first-order valence-corrected chi connectivity index (χ1v) is 11.0. The number of carbonyl (C=O) groups is 1. The van der Waals surface area contributed by atoms with E-state index >= 15 is 0 Å². The van der Waals surface area contributed by atoms with Crippen molar-refractivity contribution in [1.29, 1.82) is 0 Å². The number of benzene rings is 1. The Kier molecular flexibility index (Phi) is 6.10. The molecule has 0 atom stereocenters. The number of thiazole rings is 1. The Balaban J connectivity index is 1.65. The molecule has 1 amide bonds. The molecule has 0 saturated carbocycles. The number of hydrogen-bond donors (Lipinski definition) is 2. The zero-order valence-electron chi connectivity index (χ0n) is 15.0. The van der Waals surface area contributed by atoms with E-state index in [9.17, 15) is 13.2 Å². The molecule has 8 nitrogen and oxygen atoms in total. The molecule has 2 aromatic rings. The molecule has 1 aliphatic rings. The summed E-state index contributed by atoms with van der Waals surface area (Å²) in [7, 11) is -3.52. The molecular weight excluding hydrogens is 388 g/mol. The second-order valence-electron chi connectivity index (χ2n) is 6.23. The maximum absolute atomic E-state index is 12.8. The minimum absolute atomic E-state index is 0.301. The number of piperazine rings is 1. The lowest BCUT2D eigenvalue weighted by Gasteiger charge is -2.33. The van der Waals surface area contributed by atoms with Crippen LogP contribution in [0.5, 0.6) is 0 Å². The standard InChI is InChI=1S/C17H22N4O4S2/c1-2-3-13-4-6-14(7-5-13)27(24,25)21-10-8-20(9-11-21)17-18-12-15(26-17)16(22)19-23/h4-7,12,23H,2-3,8-11H2,1H3,(H,19,22). The van der Waals surface area contributed by atoms with E-state index in [1.165, 1.54) is 10.5 Å². The van der Waals surface area contributed by atoms with E-state index < -0.39 is 15.9 Å². The number of aromatic nitrogens is 1. The van der Waals surface area contributed by atoms with E-state index in [4.69, 9.17) is 5.21 Å². The predicted molar refractivity (Wildman–Crippen MR) is 103 cm³/mol. The summed E-state index contributed by atoms with van der Waals surface area (Å²) in [6.45, 7) is 3.76. The van der Waals surface area contributed by atoms with Gasteiger partial charge in [0.1, 0.15) is 4.88 Å². The molecule has 2 N–H and O–H groups in total. The highest BCUT2D eigenvalue weighted by Crippen LogP contribution is 2.25. The van der Waals surface area contributed by atoms with Gasteiger partial charge in [0.25, 0.3) is 5.91 Å². The number of carbonyl (C=O) groups excluding carboxylic acids is 1. The maximum atomic E-state index is 12.8. The number of hydroxylamine groups is 1. The lowest BCUT2D eigenvalue weighted by molar-refractivity contribution is 0.0710. The molecule has 0 spiro atoms. The number of nitrogens with one attached hydrogen (secondary N) is 1. The van der Waals surface area contributed by atoms with Crippen molar-refractivity contribution in [2.24, 2.45) is 0 Å². The van der Waals surface area contributed by atoms with Crippen LogP contribution in [-0.4, -0.2) is 55.0 Å². The Morgan fingerprint density at radius 3 is 2.48 bits per heavy atom. The summed E-state index contributed by atoms with van der Waals surface area (Å²) in [5.41, 5.74) is 2.71. The molecule has 0 aliphatic carbocycles. The van der Waals surface area contributed by atoms with Crippen LogP contribution in [0.4, 0.5) is 5.13 Å². The molecule has 2 heterocycles. The van der Waals surface area contributed by atoms with Crippen LogP contribution in [0.15, 0.2) is 35.4 Å². The zero-order valence-corrected chi connectivity index (χ0v) is 16.6. The third-order valence-corrected chi connectivity index (χ3v) is 7.40. The monoisotopic (exact) mass is 410 g/mol. The van der Waals surface area contributed by atoms with Crippen LogP contribution in [0.1, 0.15) is 28.6 Å². The molecule has 1 fully saturated rings. The minimum Gasteiger partial charge on any atom is -0.345 e. The first kappa shape index (κ1) is 19.7. The van der Waals surface area contributed by atoms with Gasteiger partial charge in [0, 0.05) is 26.2 Å². The lowest BCUT2D eigenvalue weighted by atomic mass is 10.1. The highest BCUT2D eigenvalue weighted by Gasteiger charge is 2.29. The van der Waals surface area contributed by atoms with Crippen LogP contribution in [0.3, 0.4) is 0 Å². The van der Waals surface area contributed by atoms with Gasteiger partial charge in [-0.25, -0.2) is 18.9 Å². The van der Waals surface area contributed by atoms with Crippen molar-refractivity contribution in [2.75, 3.05) is 31.1 Å². The number of nitrogens with zero attached hydrogens (tertiary/aromatic N) is 3. The highest BCUT2D eigenvalue weighted by molar-refractivity contribution is 7.89. The van der Waals surface area contributed by atoms with Gasteiger partial charge in [0.05, 0.1) is 11.1 Å². The van der Waals surface area contributed by atoms with Crippen molar-refractivity contribution < 1.29 is 18.4 Å². The van der Waals surface area contributed by atoms with Gasteiger partial charge in [-0.3, -0.25) is 10.0 Å². The average molecular weight is 411 g/mol. The molecule has 146 valence electrons. The Labute approximate surface area is 162 Å². The molecule has 1 aliphatic heterocycles. The van der Waals surface area contributed by atoms with Gasteiger partial charge in [-0.1, -0.05) is 36.8 Å². The Morgan fingerprint density at radius 1 is 1.22 bits per heavy atom. The SMILES string of the molecule is CCCc1ccc(S(=O)(=O)N2CCN(c3ncc(C(=O)NO)s3)CC2)cc1. The minimum atomic E-state index is -3.52. The largest absolute Gasteiger partial charge is 0.345 e. The summed E-state index contributed by atoms with van der Waals surface area (Å²) >= 11 is 1.16. The van der Waals surface area contributed by atoms with Gasteiger partial charge >= 0.3 is 0 Å². The summed E-state index contributed by atoms with van der Waals surface area (Å²) < 4.78 is 27.2. The number of amides is 1. The third-order valence-electron chi connectivity index (χ3n) is 4.43. The zero-order chi connectivity index (χ0) is 19.4. The van der Waals surface area contributed by atoms with Crippen LogP contribution >= 0.6 is 11.3 Å². The van der Waals surface area contributed by atoms with Gasteiger partial charge in [-0.15, -0.1) is 0 Å². The van der Waals surface area contributed by atoms with Crippen LogP contribution in [-0.2, 0) is 16.4 Å². The van der Waals surface area contributed by atoms with Crippen LogP contribution < -0.4 is 10.4 Å². The molecule has 10 heteroatoms. The Morgan fingerprint density at radius 2 is 1.89 bits per heavy atom. The summed E-state index contributed by atoms with van der Waals surface area (Å²) in [5.74, 6) is -0.605. The van der Waals surface area contributed by atoms with Crippen molar-refractivity contribution in [3.8, 4) is 0 Å². The number of aryl methyl sites for hydroxylation is 1. The fraction of sp³-hybridized carbons (Fsp3) is 0.412. The van der Waals surface area contributed by atoms with Crippen molar-refractivity contribution in [2.45, 2.75) is 24.7 Å². The van der Waals surface area contributed by atoms with Gasteiger partial charge in [-0.05, 0) is 24.1 Å². The molecule has 1 saturated heterocycles. The van der Waals surface area contributed by atoms with Crippen molar-refractivity contribution in [3.05, 3.63) is 40.9 Å². The van der Waals surface area contributed by atoms with E-state index in [-0.39, 0.29) is 0 Å². The fourth-order valence-electron chi connectivity index (χ4n) is 2.96.